The second-order valence-corrected chi connectivity index (χ2v) is 5.54. The molecule has 0 aliphatic carbocycles. The van der Waals surface area contributed by atoms with Gasteiger partial charge in [-0.3, -0.25) is 4.57 Å². The number of nitrogens with zero attached hydrogens (tertiary/aromatic N) is 4. The van der Waals surface area contributed by atoms with Crippen molar-refractivity contribution in [3.8, 4) is 0 Å². The Hall–Kier alpha value is -1.61. The van der Waals surface area contributed by atoms with Gasteiger partial charge in [0.25, 0.3) is 0 Å². The van der Waals surface area contributed by atoms with Crippen LogP contribution in [-0.4, -0.2) is 38.7 Å². The molecule has 0 unspecified atom stereocenters. The molecule has 0 aliphatic rings. The Kier molecular flexibility index (Phi) is 4.96. The Morgan fingerprint density at radius 2 is 2.30 bits per heavy atom. The number of ether oxygens (including phenoxy) is 1. The van der Waals surface area contributed by atoms with Gasteiger partial charge in [-0.05, 0) is 13.3 Å². The molecule has 1 N–H and O–H groups in total. The summed E-state index contributed by atoms with van der Waals surface area (Å²) in [5.41, 5.74) is -0.225. The van der Waals surface area contributed by atoms with Gasteiger partial charge in [-0.1, -0.05) is 11.8 Å². The van der Waals surface area contributed by atoms with Crippen LogP contribution in [0.15, 0.2) is 14.4 Å². The molecule has 2 heterocycles. The molecule has 0 amide bonds. The Morgan fingerprint density at radius 1 is 1.50 bits per heavy atom. The average molecular weight is 299 g/mol. The van der Waals surface area contributed by atoms with E-state index >= 15 is 0 Å². The molecule has 0 fully saturated rings. The number of methoxy groups -OCH3 is 1. The third kappa shape index (κ3) is 3.48. The number of hydrogen-bond acceptors (Lipinski definition) is 7. The first-order valence-corrected chi connectivity index (χ1v) is 7.10. The maximum Gasteiger partial charge on any atom is 0.343 e. The lowest BCUT2D eigenvalue weighted by atomic mass is 10.4. The number of thioether (sulfide) groups is 1. The summed E-state index contributed by atoms with van der Waals surface area (Å²) in [6.07, 6.45) is 0.748. The number of H-pyrrole nitrogens is 1. The summed E-state index contributed by atoms with van der Waals surface area (Å²) in [7, 11) is 1.63. The predicted octanol–water partition coefficient (Wildman–Crippen LogP) is 1.15. The van der Waals surface area contributed by atoms with Gasteiger partial charge < -0.3 is 9.15 Å². The summed E-state index contributed by atoms with van der Waals surface area (Å²) in [5.74, 6) is 1.04. The van der Waals surface area contributed by atoms with E-state index in [1.165, 1.54) is 11.8 Å². The van der Waals surface area contributed by atoms with E-state index < -0.39 is 0 Å². The molecule has 110 valence electrons. The first-order valence-electron chi connectivity index (χ1n) is 6.22. The maximum absolute atomic E-state index is 11.7. The number of aromatic nitrogens is 5. The van der Waals surface area contributed by atoms with Gasteiger partial charge in [0.2, 0.25) is 11.8 Å². The van der Waals surface area contributed by atoms with Crippen LogP contribution in [0.2, 0.25) is 0 Å². The minimum Gasteiger partial charge on any atom is -0.424 e. The largest absolute Gasteiger partial charge is 0.424 e. The Labute approximate surface area is 119 Å². The van der Waals surface area contributed by atoms with Crippen LogP contribution >= 0.6 is 11.8 Å². The average Bonchev–Trinajstić information content (AvgIpc) is 2.99. The van der Waals surface area contributed by atoms with Crippen LogP contribution < -0.4 is 5.69 Å². The minimum absolute atomic E-state index is 0.0763. The highest BCUT2D eigenvalue weighted by Crippen LogP contribution is 2.32. The lowest BCUT2D eigenvalue weighted by Crippen LogP contribution is -2.18. The van der Waals surface area contributed by atoms with Gasteiger partial charge in [0.1, 0.15) is 0 Å². The lowest BCUT2D eigenvalue weighted by molar-refractivity contribution is 0.189. The highest BCUT2D eigenvalue weighted by molar-refractivity contribution is 7.99. The summed E-state index contributed by atoms with van der Waals surface area (Å²) < 4.78 is 11.9. The SMILES string of the molecule is COCCCn1c(S[C@@H](C)c2nnc(C)o2)n[nH]c1=O. The van der Waals surface area contributed by atoms with Crippen molar-refractivity contribution in [3.63, 3.8) is 0 Å². The van der Waals surface area contributed by atoms with Crippen molar-refractivity contribution in [3.05, 3.63) is 22.3 Å². The molecule has 0 bridgehead atoms. The highest BCUT2D eigenvalue weighted by Gasteiger charge is 2.18. The summed E-state index contributed by atoms with van der Waals surface area (Å²) in [4.78, 5) is 11.7. The van der Waals surface area contributed by atoms with E-state index in [4.69, 9.17) is 9.15 Å². The third-order valence-corrected chi connectivity index (χ3v) is 3.70. The molecule has 20 heavy (non-hydrogen) atoms. The monoisotopic (exact) mass is 299 g/mol. The first-order chi connectivity index (χ1) is 9.61. The highest BCUT2D eigenvalue weighted by atomic mass is 32.2. The van der Waals surface area contributed by atoms with E-state index in [2.05, 4.69) is 20.4 Å². The van der Waals surface area contributed by atoms with Crippen LogP contribution in [0.3, 0.4) is 0 Å². The van der Waals surface area contributed by atoms with Gasteiger partial charge >= 0.3 is 5.69 Å². The van der Waals surface area contributed by atoms with Crippen LogP contribution in [-0.2, 0) is 11.3 Å². The van der Waals surface area contributed by atoms with Gasteiger partial charge in [-0.15, -0.1) is 15.3 Å². The molecule has 0 aliphatic heterocycles. The standard InChI is InChI=1S/C11H17N5O3S/c1-7(9-13-12-8(2)19-9)20-11-15-14-10(17)16(11)5-4-6-18-3/h7H,4-6H2,1-3H3,(H,14,17)/t7-/m0/s1. The van der Waals surface area contributed by atoms with Gasteiger partial charge in [0, 0.05) is 27.2 Å². The number of aryl methyl sites for hydroxylation is 1. The van der Waals surface area contributed by atoms with Gasteiger partial charge in [0.15, 0.2) is 5.16 Å². The van der Waals surface area contributed by atoms with Crippen molar-refractivity contribution < 1.29 is 9.15 Å². The Bertz CT molecular complexity index is 605. The fourth-order valence-electron chi connectivity index (χ4n) is 1.64. The molecule has 2 aromatic rings. The van der Waals surface area contributed by atoms with Crippen LogP contribution in [0, 0.1) is 6.92 Å². The number of nitrogens with one attached hydrogen (secondary N) is 1. The van der Waals surface area contributed by atoms with Gasteiger partial charge in [0.05, 0.1) is 5.25 Å². The fraction of sp³-hybridized carbons (Fsp3) is 0.636. The van der Waals surface area contributed by atoms with Crippen LogP contribution in [0.4, 0.5) is 0 Å². The quantitative estimate of drug-likeness (QED) is 0.604. The van der Waals surface area contributed by atoms with Crippen molar-refractivity contribution in [2.75, 3.05) is 13.7 Å². The van der Waals surface area contributed by atoms with Crippen LogP contribution in [0.5, 0.6) is 0 Å². The smallest absolute Gasteiger partial charge is 0.343 e. The summed E-state index contributed by atoms with van der Waals surface area (Å²) >= 11 is 1.40. The minimum atomic E-state index is -0.225. The van der Waals surface area contributed by atoms with E-state index in [0.717, 1.165) is 6.42 Å². The van der Waals surface area contributed by atoms with E-state index in [1.54, 1.807) is 18.6 Å². The molecule has 9 heteroatoms. The summed E-state index contributed by atoms with van der Waals surface area (Å²) in [6.45, 7) is 4.82. The van der Waals surface area contributed by atoms with Crippen molar-refractivity contribution in [2.45, 2.75) is 37.2 Å². The topological polar surface area (TPSA) is 98.8 Å². The predicted molar refractivity (Wildman–Crippen MR) is 72.6 cm³/mol. The number of aromatic amines is 1. The summed E-state index contributed by atoms with van der Waals surface area (Å²) in [5, 5.41) is 14.8. The van der Waals surface area contributed by atoms with E-state index in [-0.39, 0.29) is 10.9 Å². The zero-order valence-electron chi connectivity index (χ0n) is 11.6. The van der Waals surface area contributed by atoms with Crippen LogP contribution in [0.25, 0.3) is 0 Å². The second-order valence-electron chi connectivity index (χ2n) is 4.23. The molecule has 1 atom stereocenters. The molecule has 2 rings (SSSR count). The van der Waals surface area contributed by atoms with Crippen LogP contribution in [0.1, 0.15) is 30.4 Å². The lowest BCUT2D eigenvalue weighted by Gasteiger charge is -2.07. The molecule has 0 aromatic carbocycles. The zero-order valence-corrected chi connectivity index (χ0v) is 12.4. The Balaban J connectivity index is 2.07. The van der Waals surface area contributed by atoms with Crippen molar-refractivity contribution in [1.82, 2.24) is 25.0 Å². The van der Waals surface area contributed by atoms with E-state index in [0.29, 0.717) is 30.1 Å². The second kappa shape index (κ2) is 6.71. The summed E-state index contributed by atoms with van der Waals surface area (Å²) in [6, 6.07) is 0. The third-order valence-electron chi connectivity index (χ3n) is 2.63. The normalized spacial score (nSPS) is 12.8. The van der Waals surface area contributed by atoms with Crippen molar-refractivity contribution in [2.24, 2.45) is 0 Å². The molecule has 0 spiro atoms. The Morgan fingerprint density at radius 3 is 2.95 bits per heavy atom. The van der Waals surface area contributed by atoms with Crippen molar-refractivity contribution in [1.29, 1.82) is 0 Å². The number of hydrogen-bond donors (Lipinski definition) is 1. The molecule has 8 nitrogen and oxygen atoms in total. The fourth-order valence-corrected chi connectivity index (χ4v) is 2.55. The van der Waals surface area contributed by atoms with E-state index in [1.807, 2.05) is 6.92 Å². The molecular weight excluding hydrogens is 282 g/mol. The van der Waals surface area contributed by atoms with Gasteiger partial charge in [-0.2, -0.15) is 0 Å². The number of rotatable bonds is 7. The van der Waals surface area contributed by atoms with Gasteiger partial charge in [-0.25, -0.2) is 9.89 Å². The molecule has 0 saturated carbocycles. The zero-order chi connectivity index (χ0) is 14.5. The molecule has 2 aromatic heterocycles. The molecule has 0 saturated heterocycles. The van der Waals surface area contributed by atoms with E-state index in [9.17, 15) is 4.79 Å². The maximum atomic E-state index is 11.7. The molecular formula is C11H17N5O3S. The molecule has 0 radical (unpaired) electrons. The van der Waals surface area contributed by atoms with Crippen molar-refractivity contribution >= 4 is 11.8 Å². The first kappa shape index (κ1) is 14.8.